The molecule has 15 heavy (non-hydrogen) atoms. The maximum atomic E-state index is 5.48. The molecule has 0 fully saturated rings. The first-order valence-electron chi connectivity index (χ1n) is 4.92. The monoisotopic (exact) mass is 291 g/mol. The van der Waals surface area contributed by atoms with Crippen LogP contribution in [0.2, 0.25) is 0 Å². The molecule has 0 aromatic heterocycles. The summed E-state index contributed by atoms with van der Waals surface area (Å²) in [7, 11) is 0. The summed E-state index contributed by atoms with van der Waals surface area (Å²) in [5, 5.41) is 3.30. The summed E-state index contributed by atoms with van der Waals surface area (Å²) >= 11 is 8.98. The number of nitrogens with one attached hydrogen (secondary N) is 1. The van der Waals surface area contributed by atoms with Gasteiger partial charge in [0.25, 0.3) is 0 Å². The van der Waals surface area contributed by atoms with E-state index in [4.69, 9.17) is 16.3 Å². The maximum Gasteiger partial charge on any atom is 0.0602 e. The van der Waals surface area contributed by atoms with Gasteiger partial charge >= 0.3 is 0 Å². The van der Waals surface area contributed by atoms with Crippen LogP contribution in [0, 0.1) is 0 Å². The van der Waals surface area contributed by atoms with Gasteiger partial charge in [0, 0.05) is 23.4 Å². The predicted molar refractivity (Wildman–Crippen MR) is 67.4 cm³/mol. The second-order valence-electron chi connectivity index (χ2n) is 3.07. The number of alkyl halides is 1. The quantitative estimate of drug-likeness (QED) is 0.616. The van der Waals surface area contributed by atoms with Gasteiger partial charge < -0.3 is 10.1 Å². The molecule has 0 radical (unpaired) electrons. The van der Waals surface area contributed by atoms with Crippen LogP contribution in [0.15, 0.2) is 28.7 Å². The van der Waals surface area contributed by atoms with Crippen LogP contribution in [0.4, 0.5) is 0 Å². The predicted octanol–water partition coefficient (Wildman–Crippen LogP) is 2.79. The fourth-order valence-corrected chi connectivity index (χ4v) is 1.70. The summed E-state index contributed by atoms with van der Waals surface area (Å²) in [4.78, 5) is 0. The molecule has 84 valence electrons. The molecule has 0 unspecified atom stereocenters. The number of hydrogen-bond donors (Lipinski definition) is 1. The van der Waals surface area contributed by atoms with Crippen LogP contribution in [-0.4, -0.2) is 25.6 Å². The topological polar surface area (TPSA) is 21.3 Å². The van der Waals surface area contributed by atoms with E-state index in [0.29, 0.717) is 19.1 Å². The summed E-state index contributed by atoms with van der Waals surface area (Å²) in [5.74, 6) is 0.560. The molecule has 0 heterocycles. The van der Waals surface area contributed by atoms with Gasteiger partial charge in [-0.2, -0.15) is 0 Å². The highest BCUT2D eigenvalue weighted by Gasteiger charge is 1.96. The molecule has 0 atom stereocenters. The van der Waals surface area contributed by atoms with Gasteiger partial charge in [0.1, 0.15) is 0 Å². The summed E-state index contributed by atoms with van der Waals surface area (Å²) in [6.07, 6.45) is 0. The van der Waals surface area contributed by atoms with Gasteiger partial charge in [-0.1, -0.05) is 34.1 Å². The van der Waals surface area contributed by atoms with Gasteiger partial charge in [-0.15, -0.1) is 11.6 Å². The Morgan fingerprint density at radius 2 is 2.07 bits per heavy atom. The van der Waals surface area contributed by atoms with Gasteiger partial charge in [0.2, 0.25) is 0 Å². The second-order valence-corrected chi connectivity index (χ2v) is 4.30. The number of halogens is 2. The molecule has 2 nitrogen and oxygen atoms in total. The van der Waals surface area contributed by atoms with Crippen LogP contribution in [0.1, 0.15) is 5.56 Å². The first-order valence-corrected chi connectivity index (χ1v) is 6.25. The molecule has 1 aromatic carbocycles. The van der Waals surface area contributed by atoms with Crippen molar-refractivity contribution < 1.29 is 4.74 Å². The molecule has 0 spiro atoms. The van der Waals surface area contributed by atoms with E-state index in [1.165, 1.54) is 5.56 Å². The third kappa shape index (κ3) is 5.52. The average molecular weight is 293 g/mol. The lowest BCUT2D eigenvalue weighted by Crippen LogP contribution is -2.19. The van der Waals surface area contributed by atoms with Crippen LogP contribution in [0.3, 0.4) is 0 Å². The third-order valence-electron chi connectivity index (χ3n) is 1.92. The van der Waals surface area contributed by atoms with Crippen LogP contribution in [0.5, 0.6) is 0 Å². The molecular weight excluding hydrogens is 277 g/mol. The smallest absolute Gasteiger partial charge is 0.0602 e. The van der Waals surface area contributed by atoms with E-state index < -0.39 is 0 Å². The van der Waals surface area contributed by atoms with Crippen molar-refractivity contribution in [3.05, 3.63) is 34.3 Å². The highest BCUT2D eigenvalue weighted by molar-refractivity contribution is 9.10. The Bertz CT molecular complexity index is 283. The SMILES string of the molecule is ClCCOCCNCc1ccccc1Br. The van der Waals surface area contributed by atoms with Crippen molar-refractivity contribution in [1.29, 1.82) is 0 Å². The van der Waals surface area contributed by atoms with Crippen molar-refractivity contribution >= 4 is 27.5 Å². The number of benzene rings is 1. The summed E-state index contributed by atoms with van der Waals surface area (Å²) in [6.45, 7) is 3.03. The van der Waals surface area contributed by atoms with Gasteiger partial charge in [-0.25, -0.2) is 0 Å². The van der Waals surface area contributed by atoms with E-state index in [2.05, 4.69) is 27.3 Å². The van der Waals surface area contributed by atoms with Crippen molar-refractivity contribution in [2.75, 3.05) is 25.6 Å². The van der Waals surface area contributed by atoms with E-state index in [1.54, 1.807) is 0 Å². The van der Waals surface area contributed by atoms with Gasteiger partial charge in [0.05, 0.1) is 13.2 Å². The molecule has 0 amide bonds. The Labute approximate surface area is 104 Å². The standard InChI is InChI=1S/C11H15BrClNO/c12-11-4-2-1-3-10(11)9-14-6-8-15-7-5-13/h1-4,14H,5-9H2. The maximum absolute atomic E-state index is 5.48. The highest BCUT2D eigenvalue weighted by atomic mass is 79.9. The Balaban J connectivity index is 2.12. The lowest BCUT2D eigenvalue weighted by atomic mass is 10.2. The van der Waals surface area contributed by atoms with Crippen LogP contribution >= 0.6 is 27.5 Å². The second kappa shape index (κ2) is 8.11. The first-order chi connectivity index (χ1) is 7.34. The van der Waals surface area contributed by atoms with E-state index in [1.807, 2.05) is 18.2 Å². The Hall–Kier alpha value is -0.0900. The third-order valence-corrected chi connectivity index (χ3v) is 2.85. The van der Waals surface area contributed by atoms with E-state index >= 15 is 0 Å². The molecule has 1 aromatic rings. The largest absolute Gasteiger partial charge is 0.379 e. The van der Waals surface area contributed by atoms with Crippen LogP contribution in [-0.2, 0) is 11.3 Å². The van der Waals surface area contributed by atoms with E-state index in [0.717, 1.165) is 17.6 Å². The van der Waals surface area contributed by atoms with Gasteiger partial charge in [-0.3, -0.25) is 0 Å². The molecule has 0 saturated carbocycles. The molecule has 1 rings (SSSR count). The Morgan fingerprint density at radius 1 is 1.27 bits per heavy atom. The van der Waals surface area contributed by atoms with Gasteiger partial charge in [0.15, 0.2) is 0 Å². The number of rotatable bonds is 7. The van der Waals surface area contributed by atoms with Crippen molar-refractivity contribution in [1.82, 2.24) is 5.32 Å². The first kappa shape index (κ1) is 13.0. The Morgan fingerprint density at radius 3 is 2.80 bits per heavy atom. The molecule has 4 heteroatoms. The zero-order valence-corrected chi connectivity index (χ0v) is 10.9. The summed E-state index contributed by atoms with van der Waals surface area (Å²) in [6, 6.07) is 8.18. The lowest BCUT2D eigenvalue weighted by Gasteiger charge is -2.06. The van der Waals surface area contributed by atoms with Crippen LogP contribution < -0.4 is 5.32 Å². The molecule has 0 aliphatic rings. The van der Waals surface area contributed by atoms with E-state index in [-0.39, 0.29) is 0 Å². The van der Waals surface area contributed by atoms with E-state index in [9.17, 15) is 0 Å². The number of hydrogen-bond acceptors (Lipinski definition) is 2. The van der Waals surface area contributed by atoms with Crippen molar-refractivity contribution in [3.63, 3.8) is 0 Å². The molecule has 0 bridgehead atoms. The minimum atomic E-state index is 0.560. The molecule has 0 aliphatic heterocycles. The van der Waals surface area contributed by atoms with Crippen molar-refractivity contribution in [2.45, 2.75) is 6.54 Å². The number of ether oxygens (including phenoxy) is 1. The summed E-state index contributed by atoms with van der Waals surface area (Å²) < 4.78 is 6.38. The fraction of sp³-hybridized carbons (Fsp3) is 0.455. The fourth-order valence-electron chi connectivity index (χ4n) is 1.17. The minimum Gasteiger partial charge on any atom is -0.379 e. The lowest BCUT2D eigenvalue weighted by molar-refractivity contribution is 0.151. The normalized spacial score (nSPS) is 10.5. The molecule has 0 saturated heterocycles. The van der Waals surface area contributed by atoms with Crippen LogP contribution in [0.25, 0.3) is 0 Å². The molecule has 0 aliphatic carbocycles. The zero-order chi connectivity index (χ0) is 10.9. The highest BCUT2D eigenvalue weighted by Crippen LogP contribution is 2.14. The minimum absolute atomic E-state index is 0.560. The Kier molecular flexibility index (Phi) is 7.01. The van der Waals surface area contributed by atoms with Crippen molar-refractivity contribution in [2.24, 2.45) is 0 Å². The summed E-state index contributed by atoms with van der Waals surface area (Å²) in [5.41, 5.74) is 1.26. The molecular formula is C11H15BrClNO. The molecule has 1 N–H and O–H groups in total. The van der Waals surface area contributed by atoms with Gasteiger partial charge in [-0.05, 0) is 11.6 Å². The van der Waals surface area contributed by atoms with Crippen molar-refractivity contribution in [3.8, 4) is 0 Å². The zero-order valence-electron chi connectivity index (χ0n) is 8.51. The average Bonchev–Trinajstić information content (AvgIpc) is 2.25.